The predicted molar refractivity (Wildman–Crippen MR) is 87.3 cm³/mol. The van der Waals surface area contributed by atoms with Crippen LogP contribution in [0.25, 0.3) is 0 Å². The zero-order valence-electron chi connectivity index (χ0n) is 11.4. The molecule has 0 fully saturated rings. The normalized spacial score (nSPS) is 10.4. The number of hydrogen-bond donors (Lipinski definition) is 2. The molecule has 0 saturated carbocycles. The third-order valence-electron chi connectivity index (χ3n) is 2.80. The van der Waals surface area contributed by atoms with Crippen LogP contribution in [0, 0.1) is 6.92 Å². The number of nitrogens with one attached hydrogen (secondary N) is 1. The Morgan fingerprint density at radius 1 is 1.40 bits per heavy atom. The molecule has 1 amide bonds. The second kappa shape index (κ2) is 7.36. The minimum Gasteiger partial charge on any atom is -0.398 e. The minimum absolute atomic E-state index is 0.0486. The van der Waals surface area contributed by atoms with E-state index in [2.05, 4.69) is 11.4 Å². The fraction of sp³-hybridized carbons (Fsp3) is 0.267. The lowest BCUT2D eigenvalue weighted by molar-refractivity contribution is -0.118. The van der Waals surface area contributed by atoms with Crippen molar-refractivity contribution >= 4 is 34.7 Å². The van der Waals surface area contributed by atoms with E-state index in [9.17, 15) is 4.79 Å². The molecule has 20 heavy (non-hydrogen) atoms. The first-order valence-corrected chi connectivity index (χ1v) is 8.29. The highest BCUT2D eigenvalue weighted by Gasteiger charge is 2.05. The van der Waals surface area contributed by atoms with Gasteiger partial charge in [-0.1, -0.05) is 12.1 Å². The van der Waals surface area contributed by atoms with E-state index in [1.807, 2.05) is 36.6 Å². The van der Waals surface area contributed by atoms with Crippen LogP contribution in [0.3, 0.4) is 0 Å². The maximum atomic E-state index is 11.8. The van der Waals surface area contributed by atoms with Gasteiger partial charge in [-0.2, -0.15) is 0 Å². The molecule has 2 aromatic rings. The molecule has 0 unspecified atom stereocenters. The number of carbonyl (C=O) groups is 1. The fourth-order valence-corrected chi connectivity index (χ4v) is 3.34. The van der Waals surface area contributed by atoms with E-state index in [4.69, 9.17) is 5.73 Å². The largest absolute Gasteiger partial charge is 0.398 e. The van der Waals surface area contributed by atoms with Crippen molar-refractivity contribution in [3.8, 4) is 0 Å². The van der Waals surface area contributed by atoms with Gasteiger partial charge in [0.1, 0.15) is 0 Å². The Balaban J connectivity index is 1.73. The molecule has 106 valence electrons. The summed E-state index contributed by atoms with van der Waals surface area (Å²) in [6.45, 7) is 2.70. The number of aryl methyl sites for hydroxylation is 1. The van der Waals surface area contributed by atoms with Gasteiger partial charge in [-0.05, 0) is 42.5 Å². The summed E-state index contributed by atoms with van der Waals surface area (Å²) in [4.78, 5) is 14.0. The zero-order chi connectivity index (χ0) is 14.4. The lowest BCUT2D eigenvalue weighted by Crippen LogP contribution is -2.27. The number of rotatable bonds is 6. The highest BCUT2D eigenvalue weighted by atomic mass is 32.2. The van der Waals surface area contributed by atoms with Crippen molar-refractivity contribution in [2.75, 3.05) is 18.0 Å². The maximum Gasteiger partial charge on any atom is 0.230 e. The lowest BCUT2D eigenvalue weighted by Gasteiger charge is -2.07. The number of nitrogens with two attached hydrogens (primary N) is 1. The van der Waals surface area contributed by atoms with E-state index >= 15 is 0 Å². The molecule has 1 heterocycles. The average molecular weight is 306 g/mol. The molecular formula is C15H18N2OS2. The van der Waals surface area contributed by atoms with Crippen LogP contribution in [0.4, 0.5) is 5.69 Å². The van der Waals surface area contributed by atoms with E-state index in [0.29, 0.717) is 12.3 Å². The lowest BCUT2D eigenvalue weighted by atomic mass is 10.2. The average Bonchev–Trinajstić information content (AvgIpc) is 2.93. The standard InChI is InChI=1S/C15H18N2OS2/c1-11-4-5-13(16)14(9-11)20-10-15(18)17-7-6-12-3-2-8-19-12/h2-5,8-9H,6-7,10,16H2,1H3,(H,17,18). The van der Waals surface area contributed by atoms with Gasteiger partial charge in [-0.3, -0.25) is 4.79 Å². The smallest absolute Gasteiger partial charge is 0.230 e. The molecule has 2 rings (SSSR count). The molecule has 0 atom stereocenters. The van der Waals surface area contributed by atoms with Gasteiger partial charge in [0.05, 0.1) is 5.75 Å². The van der Waals surface area contributed by atoms with Gasteiger partial charge in [0.2, 0.25) is 5.91 Å². The summed E-state index contributed by atoms with van der Waals surface area (Å²) in [5.41, 5.74) is 7.77. The highest BCUT2D eigenvalue weighted by molar-refractivity contribution is 8.00. The van der Waals surface area contributed by atoms with Gasteiger partial charge in [-0.25, -0.2) is 0 Å². The van der Waals surface area contributed by atoms with Crippen LogP contribution >= 0.6 is 23.1 Å². The van der Waals surface area contributed by atoms with Crippen LogP contribution in [0.2, 0.25) is 0 Å². The first-order valence-electron chi connectivity index (χ1n) is 6.43. The molecule has 0 saturated heterocycles. The fourth-order valence-electron chi connectivity index (χ4n) is 1.74. The number of thioether (sulfide) groups is 1. The molecule has 5 heteroatoms. The summed E-state index contributed by atoms with van der Waals surface area (Å²) in [6, 6.07) is 9.98. The van der Waals surface area contributed by atoms with Crippen molar-refractivity contribution < 1.29 is 4.79 Å². The number of carbonyl (C=O) groups excluding carboxylic acids is 1. The quantitative estimate of drug-likeness (QED) is 0.637. The number of benzene rings is 1. The number of thiophene rings is 1. The monoisotopic (exact) mass is 306 g/mol. The van der Waals surface area contributed by atoms with Crippen molar-refractivity contribution in [2.45, 2.75) is 18.2 Å². The van der Waals surface area contributed by atoms with Crippen LogP contribution in [-0.2, 0) is 11.2 Å². The topological polar surface area (TPSA) is 55.1 Å². The molecular weight excluding hydrogens is 288 g/mol. The summed E-state index contributed by atoms with van der Waals surface area (Å²) in [5, 5.41) is 4.98. The maximum absolute atomic E-state index is 11.8. The Hall–Kier alpha value is -1.46. The van der Waals surface area contributed by atoms with Gasteiger partial charge in [-0.15, -0.1) is 23.1 Å². The summed E-state index contributed by atoms with van der Waals surface area (Å²) in [7, 11) is 0. The summed E-state index contributed by atoms with van der Waals surface area (Å²) in [6.07, 6.45) is 0.890. The van der Waals surface area contributed by atoms with Crippen molar-refractivity contribution in [3.63, 3.8) is 0 Å². The zero-order valence-corrected chi connectivity index (χ0v) is 13.0. The van der Waals surface area contributed by atoms with Crippen molar-refractivity contribution in [1.82, 2.24) is 5.32 Å². The van der Waals surface area contributed by atoms with Gasteiger partial charge in [0, 0.05) is 22.0 Å². The van der Waals surface area contributed by atoms with Gasteiger partial charge in [0.15, 0.2) is 0 Å². The van der Waals surface area contributed by atoms with E-state index < -0.39 is 0 Å². The van der Waals surface area contributed by atoms with E-state index in [1.165, 1.54) is 16.6 Å². The second-order valence-corrected chi connectivity index (χ2v) is 6.56. The Kier molecular flexibility index (Phi) is 5.49. The Morgan fingerprint density at radius 3 is 3.00 bits per heavy atom. The van der Waals surface area contributed by atoms with Gasteiger partial charge < -0.3 is 11.1 Å². The van der Waals surface area contributed by atoms with E-state index in [1.54, 1.807) is 11.3 Å². The summed E-state index contributed by atoms with van der Waals surface area (Å²) < 4.78 is 0. The van der Waals surface area contributed by atoms with Crippen molar-refractivity contribution in [2.24, 2.45) is 0 Å². The molecule has 0 spiro atoms. The van der Waals surface area contributed by atoms with Gasteiger partial charge >= 0.3 is 0 Å². The predicted octanol–water partition coefficient (Wildman–Crippen LogP) is 3.09. The SMILES string of the molecule is Cc1ccc(N)c(SCC(=O)NCCc2cccs2)c1. The second-order valence-electron chi connectivity index (χ2n) is 4.51. The Morgan fingerprint density at radius 2 is 2.25 bits per heavy atom. The third-order valence-corrected chi connectivity index (χ3v) is 4.81. The highest BCUT2D eigenvalue weighted by Crippen LogP contribution is 2.25. The van der Waals surface area contributed by atoms with Crippen LogP contribution < -0.4 is 11.1 Å². The number of amides is 1. The number of anilines is 1. The molecule has 0 aliphatic carbocycles. The summed E-state index contributed by atoms with van der Waals surface area (Å²) >= 11 is 3.20. The Labute approximate surface area is 127 Å². The molecule has 1 aromatic heterocycles. The Bertz CT molecular complexity index is 567. The van der Waals surface area contributed by atoms with Crippen molar-refractivity contribution in [1.29, 1.82) is 0 Å². The van der Waals surface area contributed by atoms with E-state index in [-0.39, 0.29) is 5.91 Å². The first-order chi connectivity index (χ1) is 9.65. The van der Waals surface area contributed by atoms with Crippen molar-refractivity contribution in [3.05, 3.63) is 46.2 Å². The van der Waals surface area contributed by atoms with Crippen LogP contribution in [0.1, 0.15) is 10.4 Å². The third kappa shape index (κ3) is 4.58. The van der Waals surface area contributed by atoms with Crippen LogP contribution in [0.5, 0.6) is 0 Å². The molecule has 1 aromatic carbocycles. The van der Waals surface area contributed by atoms with E-state index in [0.717, 1.165) is 22.6 Å². The number of hydrogen-bond acceptors (Lipinski definition) is 4. The molecule has 0 aliphatic heterocycles. The summed E-state index contributed by atoms with van der Waals surface area (Å²) in [5.74, 6) is 0.449. The molecule has 0 bridgehead atoms. The first kappa shape index (κ1) is 14.9. The van der Waals surface area contributed by atoms with Crippen LogP contribution in [-0.4, -0.2) is 18.2 Å². The minimum atomic E-state index is 0.0486. The molecule has 0 aliphatic rings. The molecule has 3 nitrogen and oxygen atoms in total. The number of nitrogen functional groups attached to an aromatic ring is 1. The van der Waals surface area contributed by atoms with Gasteiger partial charge in [0.25, 0.3) is 0 Å². The molecule has 0 radical (unpaired) electrons. The van der Waals surface area contributed by atoms with Crippen LogP contribution in [0.15, 0.2) is 40.6 Å². The molecule has 3 N–H and O–H groups in total.